The number of fused-ring (bicyclic) bond motifs is 3. The lowest BCUT2D eigenvalue weighted by Crippen LogP contribution is -2.53. The molecule has 3 atom stereocenters. The third-order valence-electron chi connectivity index (χ3n) is 5.62. The van der Waals surface area contributed by atoms with E-state index in [1.165, 1.54) is 11.8 Å². The molecule has 3 rings (SSSR count). The molecule has 1 fully saturated rings. The van der Waals surface area contributed by atoms with Gasteiger partial charge in [0.05, 0.1) is 37.3 Å². The maximum atomic E-state index is 11.3. The molecule has 1 saturated heterocycles. The Morgan fingerprint density at radius 2 is 1.97 bits per heavy atom. The van der Waals surface area contributed by atoms with Crippen molar-refractivity contribution in [2.45, 2.75) is 63.9 Å². The van der Waals surface area contributed by atoms with Crippen LogP contribution in [0.15, 0.2) is 12.1 Å². The number of sulfone groups is 1. The lowest BCUT2D eigenvalue weighted by molar-refractivity contribution is -0.149. The third-order valence-corrected chi connectivity index (χ3v) is 6.65. The zero-order chi connectivity index (χ0) is 22.1. The van der Waals surface area contributed by atoms with Crippen molar-refractivity contribution in [3.63, 3.8) is 0 Å². The fourth-order valence-electron chi connectivity index (χ4n) is 4.33. The lowest BCUT2D eigenvalue weighted by Gasteiger charge is -2.46. The molecule has 0 bridgehead atoms. The first kappa shape index (κ1) is 23.3. The molecule has 0 aromatic heterocycles. The normalized spacial score (nSPS) is 24.8. The predicted octanol–water partition coefficient (Wildman–Crippen LogP) is 2.36. The van der Waals surface area contributed by atoms with E-state index in [-0.39, 0.29) is 23.5 Å². The van der Waals surface area contributed by atoms with Gasteiger partial charge in [0.1, 0.15) is 9.84 Å². The van der Waals surface area contributed by atoms with Crippen LogP contribution >= 0.6 is 0 Å². The van der Waals surface area contributed by atoms with Gasteiger partial charge in [-0.25, -0.2) is 8.42 Å². The Morgan fingerprint density at radius 1 is 1.23 bits per heavy atom. The van der Waals surface area contributed by atoms with Crippen molar-refractivity contribution in [3.05, 3.63) is 23.3 Å². The highest BCUT2D eigenvalue weighted by Crippen LogP contribution is 2.42. The Hall–Kier alpha value is -1.35. The number of hydrogen-bond donors (Lipinski definition) is 1. The van der Waals surface area contributed by atoms with Gasteiger partial charge in [0, 0.05) is 25.4 Å². The Kier molecular flexibility index (Phi) is 7.01. The first-order valence-corrected chi connectivity index (χ1v) is 12.6. The number of nitrogens with zero attached hydrogens (tertiary/aromatic N) is 1. The van der Waals surface area contributed by atoms with Crippen LogP contribution in [0.25, 0.3) is 0 Å². The SMILES string of the molecule is COc1cc2c(cc1OCCCS(C)(=O)=O)CCN1C[C@@H](OC(C)(C)C)[C@H](O)C[C@H]21. The van der Waals surface area contributed by atoms with Crippen molar-refractivity contribution < 1.29 is 27.7 Å². The highest BCUT2D eigenvalue weighted by Gasteiger charge is 2.40. The van der Waals surface area contributed by atoms with Gasteiger partial charge >= 0.3 is 0 Å². The van der Waals surface area contributed by atoms with E-state index in [9.17, 15) is 13.5 Å². The summed E-state index contributed by atoms with van der Waals surface area (Å²) in [4.78, 5) is 2.39. The maximum absolute atomic E-state index is 11.3. The number of aliphatic hydroxyl groups is 1. The first-order valence-electron chi connectivity index (χ1n) is 10.6. The maximum Gasteiger partial charge on any atom is 0.161 e. The number of hydrogen-bond acceptors (Lipinski definition) is 7. The van der Waals surface area contributed by atoms with Crippen molar-refractivity contribution >= 4 is 9.84 Å². The van der Waals surface area contributed by atoms with Crippen LogP contribution in [0.5, 0.6) is 11.5 Å². The molecule has 7 nitrogen and oxygen atoms in total. The van der Waals surface area contributed by atoms with Gasteiger partial charge in [-0.3, -0.25) is 4.90 Å². The Bertz CT molecular complexity index is 848. The monoisotopic (exact) mass is 441 g/mol. The zero-order valence-corrected chi connectivity index (χ0v) is 19.5. The Labute approximate surface area is 180 Å². The summed E-state index contributed by atoms with van der Waals surface area (Å²) in [5.41, 5.74) is 2.06. The van der Waals surface area contributed by atoms with Crippen LogP contribution < -0.4 is 9.47 Å². The lowest BCUT2D eigenvalue weighted by atomic mass is 9.84. The first-order chi connectivity index (χ1) is 14.0. The molecule has 0 spiro atoms. The van der Waals surface area contributed by atoms with Crippen molar-refractivity contribution in [1.29, 1.82) is 0 Å². The van der Waals surface area contributed by atoms with E-state index in [1.807, 2.05) is 32.9 Å². The highest BCUT2D eigenvalue weighted by atomic mass is 32.2. The molecule has 0 radical (unpaired) electrons. The quantitative estimate of drug-likeness (QED) is 0.650. The topological polar surface area (TPSA) is 85.3 Å². The van der Waals surface area contributed by atoms with Crippen LogP contribution in [-0.4, -0.2) is 75.0 Å². The van der Waals surface area contributed by atoms with Crippen LogP contribution in [0.4, 0.5) is 0 Å². The minimum atomic E-state index is -2.99. The minimum Gasteiger partial charge on any atom is -0.493 e. The molecule has 30 heavy (non-hydrogen) atoms. The largest absolute Gasteiger partial charge is 0.493 e. The number of aliphatic hydroxyl groups excluding tert-OH is 1. The van der Waals surface area contributed by atoms with E-state index in [1.54, 1.807) is 7.11 Å². The fraction of sp³-hybridized carbons (Fsp3) is 0.727. The molecule has 170 valence electrons. The second-order valence-corrected chi connectivity index (χ2v) is 11.6. The summed E-state index contributed by atoms with van der Waals surface area (Å²) >= 11 is 0. The van der Waals surface area contributed by atoms with E-state index in [4.69, 9.17) is 14.2 Å². The number of methoxy groups -OCH3 is 1. The van der Waals surface area contributed by atoms with Gasteiger partial charge in [0.2, 0.25) is 0 Å². The molecule has 2 heterocycles. The van der Waals surface area contributed by atoms with Crippen LogP contribution in [-0.2, 0) is 21.0 Å². The molecule has 1 aromatic rings. The summed E-state index contributed by atoms with van der Waals surface area (Å²) in [5, 5.41) is 10.7. The number of piperidine rings is 1. The average molecular weight is 442 g/mol. The summed E-state index contributed by atoms with van der Waals surface area (Å²) in [7, 11) is -1.39. The van der Waals surface area contributed by atoms with Gasteiger partial charge < -0.3 is 19.3 Å². The summed E-state index contributed by atoms with van der Waals surface area (Å²) in [6, 6.07) is 4.14. The molecule has 2 aliphatic heterocycles. The number of ether oxygens (including phenoxy) is 3. The summed E-state index contributed by atoms with van der Waals surface area (Å²) in [6.07, 6.45) is 2.46. The highest BCUT2D eigenvalue weighted by molar-refractivity contribution is 7.90. The summed E-state index contributed by atoms with van der Waals surface area (Å²) in [5.74, 6) is 1.38. The second kappa shape index (κ2) is 9.02. The van der Waals surface area contributed by atoms with Crippen molar-refractivity contribution in [1.82, 2.24) is 4.90 Å². The molecular formula is C22H35NO6S. The summed E-state index contributed by atoms with van der Waals surface area (Å²) < 4.78 is 40.1. The number of benzene rings is 1. The predicted molar refractivity (Wildman–Crippen MR) is 116 cm³/mol. The second-order valence-electron chi connectivity index (χ2n) is 9.37. The molecule has 0 saturated carbocycles. The molecule has 1 aromatic carbocycles. The van der Waals surface area contributed by atoms with E-state index >= 15 is 0 Å². The van der Waals surface area contributed by atoms with Crippen LogP contribution in [0.3, 0.4) is 0 Å². The van der Waals surface area contributed by atoms with Crippen molar-refractivity contribution in [2.24, 2.45) is 0 Å². The molecule has 2 aliphatic rings. The molecule has 1 N–H and O–H groups in total. The molecule has 0 amide bonds. The van der Waals surface area contributed by atoms with Gasteiger partial charge in [-0.1, -0.05) is 0 Å². The smallest absolute Gasteiger partial charge is 0.161 e. The molecular weight excluding hydrogens is 406 g/mol. The van der Waals surface area contributed by atoms with Gasteiger partial charge in [0.15, 0.2) is 11.5 Å². The van der Waals surface area contributed by atoms with E-state index in [2.05, 4.69) is 4.90 Å². The van der Waals surface area contributed by atoms with Gasteiger partial charge in [-0.2, -0.15) is 0 Å². The number of rotatable bonds is 7. The van der Waals surface area contributed by atoms with Crippen molar-refractivity contribution in [3.8, 4) is 11.5 Å². The molecule has 0 aliphatic carbocycles. The standard InChI is InChI=1S/C22H35NO6S/c1-22(2,3)29-21-14-23-8-7-15-11-20(28-9-6-10-30(5,25)26)19(27-4)12-16(15)17(23)13-18(21)24/h11-12,17-18,21,24H,6-10,13-14H2,1-5H3/t17-,18-,21-/m1/s1. The van der Waals surface area contributed by atoms with Gasteiger partial charge in [-0.05, 0) is 63.3 Å². The third kappa shape index (κ3) is 5.87. The van der Waals surface area contributed by atoms with Crippen LogP contribution in [0, 0.1) is 0 Å². The van der Waals surface area contributed by atoms with Crippen LogP contribution in [0.1, 0.15) is 50.8 Å². The Balaban J connectivity index is 1.74. The Morgan fingerprint density at radius 3 is 2.60 bits per heavy atom. The van der Waals surface area contributed by atoms with Gasteiger partial charge in [0.25, 0.3) is 0 Å². The van der Waals surface area contributed by atoms with Crippen molar-refractivity contribution in [2.75, 3.05) is 38.8 Å². The summed E-state index contributed by atoms with van der Waals surface area (Å²) in [6.45, 7) is 7.96. The van der Waals surface area contributed by atoms with Gasteiger partial charge in [-0.15, -0.1) is 0 Å². The average Bonchev–Trinajstić information content (AvgIpc) is 2.63. The van der Waals surface area contributed by atoms with Crippen LogP contribution in [0.2, 0.25) is 0 Å². The van der Waals surface area contributed by atoms with E-state index in [0.717, 1.165) is 18.5 Å². The molecule has 8 heteroatoms. The zero-order valence-electron chi connectivity index (χ0n) is 18.7. The molecule has 0 unspecified atom stereocenters. The van der Waals surface area contributed by atoms with E-state index in [0.29, 0.717) is 37.5 Å². The van der Waals surface area contributed by atoms with E-state index < -0.39 is 15.9 Å². The minimum absolute atomic E-state index is 0.104. The fourth-order valence-corrected chi connectivity index (χ4v) is 4.98.